The summed E-state index contributed by atoms with van der Waals surface area (Å²) in [4.78, 5) is 11.9. The van der Waals surface area contributed by atoms with Crippen LogP contribution in [0.5, 0.6) is 17.6 Å². The van der Waals surface area contributed by atoms with Gasteiger partial charge in [-0.25, -0.2) is 4.79 Å². The zero-order valence-electron chi connectivity index (χ0n) is 13.6. The fourth-order valence-electron chi connectivity index (χ4n) is 2.51. The Balaban J connectivity index is 1.55. The Kier molecular flexibility index (Phi) is 3.99. The standard InChI is InChI=1S/C20H14N2O4/c23-17-10-8-16(9-11-17)22-20(24)26-19(21-22)25-18-12-6-15(7-13-18)14-4-2-1-3-5-14/h1-13,23H. The Bertz CT molecular complexity index is 1070. The summed E-state index contributed by atoms with van der Waals surface area (Å²) in [6, 6.07) is 23.4. The second-order valence-electron chi connectivity index (χ2n) is 5.55. The van der Waals surface area contributed by atoms with E-state index in [-0.39, 0.29) is 11.8 Å². The third kappa shape index (κ3) is 3.21. The molecule has 0 radical (unpaired) electrons. The number of benzene rings is 3. The van der Waals surface area contributed by atoms with Gasteiger partial charge in [-0.15, -0.1) is 0 Å². The van der Waals surface area contributed by atoms with Crippen molar-refractivity contribution in [2.45, 2.75) is 0 Å². The van der Waals surface area contributed by atoms with Crippen LogP contribution >= 0.6 is 0 Å². The van der Waals surface area contributed by atoms with Gasteiger partial charge in [0, 0.05) is 0 Å². The molecule has 128 valence electrons. The third-order valence-corrected chi connectivity index (χ3v) is 3.79. The maximum atomic E-state index is 11.9. The predicted molar refractivity (Wildman–Crippen MR) is 95.7 cm³/mol. The molecular formula is C20H14N2O4. The molecule has 0 unspecified atom stereocenters. The quantitative estimate of drug-likeness (QED) is 0.604. The van der Waals surface area contributed by atoms with E-state index in [1.807, 2.05) is 42.5 Å². The molecule has 0 aliphatic rings. The number of aromatic hydroxyl groups is 1. The molecule has 3 aromatic carbocycles. The molecular weight excluding hydrogens is 332 g/mol. The van der Waals surface area contributed by atoms with E-state index >= 15 is 0 Å². The maximum Gasteiger partial charge on any atom is 0.444 e. The van der Waals surface area contributed by atoms with Gasteiger partial charge in [0.15, 0.2) is 0 Å². The molecule has 1 N–H and O–H groups in total. The van der Waals surface area contributed by atoms with Crippen LogP contribution in [-0.4, -0.2) is 14.9 Å². The molecule has 0 aliphatic heterocycles. The molecule has 6 nitrogen and oxygen atoms in total. The van der Waals surface area contributed by atoms with E-state index in [9.17, 15) is 9.90 Å². The Morgan fingerprint density at radius 1 is 0.846 bits per heavy atom. The number of hydrogen-bond donors (Lipinski definition) is 1. The Morgan fingerprint density at radius 2 is 1.50 bits per heavy atom. The van der Waals surface area contributed by atoms with Crippen molar-refractivity contribution in [1.29, 1.82) is 0 Å². The summed E-state index contributed by atoms with van der Waals surface area (Å²) in [5, 5.41) is 13.3. The highest BCUT2D eigenvalue weighted by molar-refractivity contribution is 5.63. The van der Waals surface area contributed by atoms with Crippen molar-refractivity contribution >= 4 is 0 Å². The molecule has 1 aromatic heterocycles. The van der Waals surface area contributed by atoms with Crippen molar-refractivity contribution in [3.8, 4) is 34.4 Å². The van der Waals surface area contributed by atoms with Crippen molar-refractivity contribution in [3.63, 3.8) is 0 Å². The SMILES string of the molecule is O=c1oc(Oc2ccc(-c3ccccc3)cc2)nn1-c1ccc(O)cc1. The predicted octanol–water partition coefficient (Wildman–Crippen LogP) is 3.99. The van der Waals surface area contributed by atoms with E-state index in [0.717, 1.165) is 15.8 Å². The van der Waals surface area contributed by atoms with Crippen molar-refractivity contribution in [2.24, 2.45) is 0 Å². The van der Waals surface area contributed by atoms with Crippen molar-refractivity contribution in [3.05, 3.63) is 89.4 Å². The summed E-state index contributed by atoms with van der Waals surface area (Å²) < 4.78 is 11.6. The summed E-state index contributed by atoms with van der Waals surface area (Å²) >= 11 is 0. The van der Waals surface area contributed by atoms with Gasteiger partial charge in [0.1, 0.15) is 11.5 Å². The van der Waals surface area contributed by atoms with Crippen LogP contribution in [0.15, 0.2) is 88.1 Å². The Hall–Kier alpha value is -3.80. The summed E-state index contributed by atoms with van der Waals surface area (Å²) in [5.74, 6) is -0.0735. The lowest BCUT2D eigenvalue weighted by Gasteiger charge is -2.03. The molecule has 26 heavy (non-hydrogen) atoms. The van der Waals surface area contributed by atoms with Gasteiger partial charge in [-0.05, 0) is 47.5 Å². The summed E-state index contributed by atoms with van der Waals surface area (Å²) in [5.41, 5.74) is 2.61. The zero-order chi connectivity index (χ0) is 17.9. The van der Waals surface area contributed by atoms with Crippen LogP contribution in [0.1, 0.15) is 0 Å². The second-order valence-corrected chi connectivity index (χ2v) is 5.55. The first-order chi connectivity index (χ1) is 12.7. The van der Waals surface area contributed by atoms with Gasteiger partial charge in [0.2, 0.25) is 0 Å². The summed E-state index contributed by atoms with van der Waals surface area (Å²) in [6.07, 6.45) is -0.157. The highest BCUT2D eigenvalue weighted by atomic mass is 16.6. The molecule has 4 rings (SSSR count). The Labute approximate surface area is 148 Å². The molecule has 0 saturated carbocycles. The fraction of sp³-hybridized carbons (Fsp3) is 0. The lowest BCUT2D eigenvalue weighted by Crippen LogP contribution is -2.12. The van der Waals surface area contributed by atoms with Crippen LogP contribution in [0.25, 0.3) is 16.8 Å². The fourth-order valence-corrected chi connectivity index (χ4v) is 2.51. The minimum absolute atomic E-state index is 0.0975. The summed E-state index contributed by atoms with van der Waals surface area (Å²) in [6.45, 7) is 0. The summed E-state index contributed by atoms with van der Waals surface area (Å²) in [7, 11) is 0. The smallest absolute Gasteiger partial charge is 0.444 e. The molecule has 0 saturated heterocycles. The number of phenolic OH excluding ortho intramolecular Hbond substituents is 1. The van der Waals surface area contributed by atoms with Crippen LogP contribution in [0.4, 0.5) is 0 Å². The number of nitrogens with zero attached hydrogens (tertiary/aromatic N) is 2. The minimum atomic E-state index is -0.674. The van der Waals surface area contributed by atoms with Gasteiger partial charge in [-0.1, -0.05) is 47.6 Å². The molecule has 0 atom stereocenters. The molecule has 4 aromatic rings. The average Bonchev–Trinajstić information content (AvgIpc) is 3.04. The highest BCUT2D eigenvalue weighted by Crippen LogP contribution is 2.24. The lowest BCUT2D eigenvalue weighted by atomic mass is 10.1. The van der Waals surface area contributed by atoms with Gasteiger partial charge >= 0.3 is 11.8 Å². The number of aromatic nitrogens is 2. The highest BCUT2D eigenvalue weighted by Gasteiger charge is 2.12. The molecule has 0 fully saturated rings. The number of hydrogen-bond acceptors (Lipinski definition) is 5. The second kappa shape index (κ2) is 6.60. The average molecular weight is 346 g/mol. The maximum absolute atomic E-state index is 11.9. The molecule has 0 amide bonds. The molecule has 0 bridgehead atoms. The monoisotopic (exact) mass is 346 g/mol. The van der Waals surface area contributed by atoms with E-state index < -0.39 is 5.76 Å². The molecule has 1 heterocycles. The van der Waals surface area contributed by atoms with Crippen LogP contribution in [0.2, 0.25) is 0 Å². The first-order valence-electron chi connectivity index (χ1n) is 7.92. The normalized spacial score (nSPS) is 10.6. The Morgan fingerprint density at radius 3 is 2.19 bits per heavy atom. The van der Waals surface area contributed by atoms with Crippen LogP contribution in [0, 0.1) is 0 Å². The van der Waals surface area contributed by atoms with Crippen LogP contribution < -0.4 is 10.5 Å². The minimum Gasteiger partial charge on any atom is -0.508 e. The lowest BCUT2D eigenvalue weighted by molar-refractivity contribution is 0.320. The van der Waals surface area contributed by atoms with Gasteiger partial charge in [0.05, 0.1) is 5.69 Å². The van der Waals surface area contributed by atoms with E-state index in [2.05, 4.69) is 5.10 Å². The molecule has 6 heteroatoms. The van der Waals surface area contributed by atoms with Crippen molar-refractivity contribution in [2.75, 3.05) is 0 Å². The van der Waals surface area contributed by atoms with Gasteiger partial charge < -0.3 is 14.3 Å². The van der Waals surface area contributed by atoms with E-state index in [1.165, 1.54) is 12.1 Å². The van der Waals surface area contributed by atoms with Crippen molar-refractivity contribution < 1.29 is 14.3 Å². The van der Waals surface area contributed by atoms with Gasteiger partial charge in [-0.3, -0.25) is 0 Å². The molecule has 0 aliphatic carbocycles. The topological polar surface area (TPSA) is 77.5 Å². The van der Waals surface area contributed by atoms with Crippen LogP contribution in [-0.2, 0) is 0 Å². The van der Waals surface area contributed by atoms with Gasteiger partial charge in [0.25, 0.3) is 0 Å². The first kappa shape index (κ1) is 15.7. The van der Waals surface area contributed by atoms with Crippen LogP contribution in [0.3, 0.4) is 0 Å². The van der Waals surface area contributed by atoms with Crippen molar-refractivity contribution in [1.82, 2.24) is 9.78 Å². The van der Waals surface area contributed by atoms with E-state index in [1.54, 1.807) is 24.3 Å². The van der Waals surface area contributed by atoms with E-state index in [0.29, 0.717) is 11.4 Å². The number of phenols is 1. The van der Waals surface area contributed by atoms with Gasteiger partial charge in [-0.2, -0.15) is 4.68 Å². The zero-order valence-corrected chi connectivity index (χ0v) is 13.6. The molecule has 0 spiro atoms. The number of ether oxygens (including phenoxy) is 1. The first-order valence-corrected chi connectivity index (χ1v) is 7.92. The third-order valence-electron chi connectivity index (χ3n) is 3.79. The van der Waals surface area contributed by atoms with E-state index in [4.69, 9.17) is 9.15 Å². The largest absolute Gasteiger partial charge is 0.508 e. The number of rotatable bonds is 4.